The molecule has 7 aromatic heterocycles. The lowest BCUT2D eigenvalue weighted by Gasteiger charge is -2.23. The number of hydrogen-bond donors (Lipinski definition) is 7. The van der Waals surface area contributed by atoms with E-state index in [1.807, 2.05) is 0 Å². The largest absolute Gasteiger partial charge is 0.386 e. The standard InChI is InChI=1S/C44H39N13O9S7/c1-19-31-38(63)56-44-55-33(27(72-44)14-66-3)37(62)46-13-30(59)53-34(35(60)20-8-6-5-7-9-20)43-51-26(17-69-43)41-49-24(15-68-41)32-21(10-11-22(47-32)40-52-28(18-70-40)57-73(4,64)65)39-50-25(16-67-39)36(61)48-23(12-29(58)45-2)42(54-31)71-19/h5-11,15-18,23,34-35,57,60H,12-14H2,1-4H3,(H,45,58)(H,46,62)(H,48,61)(H,53,59)(H,55,56,63)/t23-,34-,35-/m0/s1. The topological polar surface area (TPSA) is 311 Å². The Morgan fingerprint density at radius 1 is 0.767 bits per heavy atom. The van der Waals surface area contributed by atoms with Crippen LogP contribution >= 0.6 is 68.0 Å². The number of anilines is 2. The number of nitrogens with one attached hydrogen (secondary N) is 6. The van der Waals surface area contributed by atoms with Crippen LogP contribution in [0.4, 0.5) is 10.9 Å². The summed E-state index contributed by atoms with van der Waals surface area (Å²) >= 11 is 6.82. The summed E-state index contributed by atoms with van der Waals surface area (Å²) in [4.78, 5) is 102. The molecule has 22 nitrogen and oxygen atoms in total. The van der Waals surface area contributed by atoms with E-state index in [0.717, 1.165) is 40.3 Å². The van der Waals surface area contributed by atoms with E-state index in [1.165, 1.54) is 48.2 Å². The summed E-state index contributed by atoms with van der Waals surface area (Å²) in [5.41, 5.74) is 2.41. The van der Waals surface area contributed by atoms with Gasteiger partial charge in [-0.25, -0.2) is 43.3 Å². The number of carbonyl (C=O) groups is 5. The Labute approximate surface area is 438 Å². The number of aliphatic hydroxyl groups is 1. The predicted octanol–water partition coefficient (Wildman–Crippen LogP) is 5.81. The van der Waals surface area contributed by atoms with Gasteiger partial charge in [-0.2, -0.15) is 0 Å². The minimum absolute atomic E-state index is 0.0107. The maximum Gasteiger partial charge on any atom is 0.277 e. The van der Waals surface area contributed by atoms with Crippen LogP contribution in [0.5, 0.6) is 0 Å². The third-order valence-electron chi connectivity index (χ3n) is 10.5. The number of amides is 5. The van der Waals surface area contributed by atoms with E-state index in [1.54, 1.807) is 70.9 Å². The third kappa shape index (κ3) is 11.7. The Bertz CT molecular complexity index is 3510. The molecule has 0 spiro atoms. The van der Waals surface area contributed by atoms with Crippen molar-refractivity contribution in [1.82, 2.24) is 56.2 Å². The van der Waals surface area contributed by atoms with Gasteiger partial charge in [-0.3, -0.25) is 34.0 Å². The van der Waals surface area contributed by atoms with E-state index in [9.17, 15) is 37.5 Å². The zero-order valence-corrected chi connectivity index (χ0v) is 44.1. The number of aromatic nitrogens is 7. The number of benzene rings is 1. The molecule has 0 saturated heterocycles. The second kappa shape index (κ2) is 21.7. The van der Waals surface area contributed by atoms with Gasteiger partial charge in [-0.1, -0.05) is 41.7 Å². The van der Waals surface area contributed by atoms with E-state index in [4.69, 9.17) is 24.7 Å². The number of nitrogens with zero attached hydrogens (tertiary/aromatic N) is 7. The highest BCUT2D eigenvalue weighted by molar-refractivity contribution is 7.92. The van der Waals surface area contributed by atoms with Crippen molar-refractivity contribution in [3.8, 4) is 43.4 Å². The van der Waals surface area contributed by atoms with E-state index < -0.39 is 64.3 Å². The highest BCUT2D eigenvalue weighted by atomic mass is 32.2. The fraction of sp³-hybridized carbons (Fsp3) is 0.227. The molecule has 0 unspecified atom stereocenters. The van der Waals surface area contributed by atoms with Crippen LogP contribution in [0, 0.1) is 6.92 Å². The fourth-order valence-electron chi connectivity index (χ4n) is 7.16. The number of methoxy groups -OCH3 is 1. The van der Waals surface area contributed by atoms with Crippen LogP contribution in [-0.2, 0) is 31.0 Å². The molecular formula is C44H39N13O9S7. The molecule has 3 atom stereocenters. The minimum atomic E-state index is -3.62. The van der Waals surface area contributed by atoms with E-state index in [0.29, 0.717) is 63.7 Å². The lowest BCUT2D eigenvalue weighted by molar-refractivity contribution is -0.122. The van der Waals surface area contributed by atoms with Crippen LogP contribution in [-0.4, -0.2) is 105 Å². The van der Waals surface area contributed by atoms with Crippen LogP contribution in [0.15, 0.2) is 64.0 Å². The van der Waals surface area contributed by atoms with Crippen molar-refractivity contribution in [1.29, 1.82) is 0 Å². The van der Waals surface area contributed by atoms with Gasteiger partial charge in [-0.05, 0) is 24.6 Å². The van der Waals surface area contributed by atoms with Gasteiger partial charge in [0.1, 0.15) is 71.3 Å². The molecule has 8 heterocycles. The van der Waals surface area contributed by atoms with Gasteiger partial charge in [0.15, 0.2) is 10.9 Å². The Morgan fingerprint density at radius 3 is 2.26 bits per heavy atom. The molecule has 1 aromatic carbocycles. The lowest BCUT2D eigenvalue weighted by atomic mass is 10.0. The van der Waals surface area contributed by atoms with E-state index >= 15 is 0 Å². The number of ether oxygens (including phenoxy) is 1. The highest BCUT2D eigenvalue weighted by Gasteiger charge is 2.31. The first-order valence-electron chi connectivity index (χ1n) is 21.5. The summed E-state index contributed by atoms with van der Waals surface area (Å²) in [6.45, 7) is 1.08. The van der Waals surface area contributed by atoms with Crippen LogP contribution in [0.25, 0.3) is 43.4 Å². The first kappa shape index (κ1) is 51.1. The summed E-state index contributed by atoms with van der Waals surface area (Å²) < 4.78 is 31.7. The Hall–Kier alpha value is -6.83. The van der Waals surface area contributed by atoms with E-state index in [2.05, 4.69) is 46.3 Å². The fourth-order valence-corrected chi connectivity index (χ4v) is 12.9. The van der Waals surface area contributed by atoms with Crippen LogP contribution in [0.1, 0.15) is 81.4 Å². The van der Waals surface area contributed by atoms with Crippen molar-refractivity contribution in [2.45, 2.75) is 38.1 Å². The smallest absolute Gasteiger partial charge is 0.277 e. The first-order valence-corrected chi connectivity index (χ1v) is 28.5. The molecule has 0 radical (unpaired) electrons. The second-order valence-corrected chi connectivity index (χ2v) is 23.3. The molecule has 1 aliphatic rings. The van der Waals surface area contributed by atoms with Crippen LogP contribution in [0.3, 0.4) is 0 Å². The first-order chi connectivity index (χ1) is 35.0. The van der Waals surface area contributed by atoms with Crippen molar-refractivity contribution >= 4 is 119 Å². The number of fused-ring (bicyclic) bond motifs is 14. The Morgan fingerprint density at radius 2 is 1.49 bits per heavy atom. The number of rotatable bonds is 9. The molecule has 8 aromatic rings. The number of hydrogen-bond acceptors (Lipinski definition) is 22. The van der Waals surface area contributed by atoms with Gasteiger partial charge in [0, 0.05) is 46.1 Å². The molecular weight excluding hydrogens is 1080 g/mol. The summed E-state index contributed by atoms with van der Waals surface area (Å²) in [6, 6.07) is 10.0. The van der Waals surface area contributed by atoms with Gasteiger partial charge >= 0.3 is 0 Å². The predicted molar refractivity (Wildman–Crippen MR) is 278 cm³/mol. The normalized spacial score (nSPS) is 16.0. The number of carbonyl (C=O) groups excluding carboxylic acids is 5. The number of aryl methyl sites for hydroxylation is 1. The molecule has 376 valence electrons. The molecule has 0 aliphatic carbocycles. The maximum absolute atomic E-state index is 14.1. The molecule has 0 saturated carbocycles. The molecule has 29 heteroatoms. The summed E-state index contributed by atoms with van der Waals surface area (Å²) in [7, 11) is -0.744. The van der Waals surface area contributed by atoms with Gasteiger partial charge < -0.3 is 31.1 Å². The monoisotopic (exact) mass is 1120 g/mol. The molecule has 9 rings (SSSR count). The zero-order valence-electron chi connectivity index (χ0n) is 38.4. The van der Waals surface area contributed by atoms with Gasteiger partial charge in [-0.15, -0.1) is 56.7 Å². The summed E-state index contributed by atoms with van der Waals surface area (Å²) in [6.07, 6.45) is -0.487. The van der Waals surface area contributed by atoms with Crippen molar-refractivity contribution in [3.05, 3.63) is 106 Å². The van der Waals surface area contributed by atoms with Crippen molar-refractivity contribution in [3.63, 3.8) is 0 Å². The third-order valence-corrected chi connectivity index (χ3v) is 16.7. The van der Waals surface area contributed by atoms with Gasteiger partial charge in [0.2, 0.25) is 21.8 Å². The summed E-state index contributed by atoms with van der Waals surface area (Å²) in [5, 5.41) is 33.7. The number of aliphatic hydroxyl groups excluding tert-OH is 1. The molecule has 7 N–H and O–H groups in total. The molecule has 73 heavy (non-hydrogen) atoms. The second-order valence-electron chi connectivity index (χ2n) is 15.8. The molecule has 10 bridgehead atoms. The maximum atomic E-state index is 14.1. The summed E-state index contributed by atoms with van der Waals surface area (Å²) in [5.74, 6) is -3.01. The molecule has 0 fully saturated rings. The quantitative estimate of drug-likeness (QED) is 0.0897. The van der Waals surface area contributed by atoms with E-state index in [-0.39, 0.29) is 46.1 Å². The van der Waals surface area contributed by atoms with Gasteiger partial charge in [0.25, 0.3) is 17.7 Å². The van der Waals surface area contributed by atoms with Crippen molar-refractivity contribution in [2.75, 3.05) is 37.0 Å². The van der Waals surface area contributed by atoms with Crippen LogP contribution < -0.4 is 31.3 Å². The Kier molecular flexibility index (Phi) is 15.2. The number of sulfonamides is 1. The SMILES string of the molecule is CNC(=O)C[C@@H]1NC(=O)c2csc(n2)-c2ccc(-c3nc(NS(C)(=O)=O)cs3)nc2-c2csc(n2)-c2csc(n2)[C@H]([C@@H](O)c2ccccc2)NC(=O)CNC(=O)c2nc(sc2COC)NC(=O)c2nc1sc2C. The zero-order chi connectivity index (χ0) is 51.6. The highest BCUT2D eigenvalue weighted by Crippen LogP contribution is 2.40. The molecule has 1 aliphatic heterocycles. The average molecular weight is 1120 g/mol. The molecule has 5 amide bonds. The van der Waals surface area contributed by atoms with Gasteiger partial charge in [0.05, 0.1) is 42.4 Å². The number of thiazole rings is 6. The number of pyridine rings is 1. The average Bonchev–Trinajstić information content (AvgIpc) is 4.24. The lowest BCUT2D eigenvalue weighted by Crippen LogP contribution is -2.40. The van der Waals surface area contributed by atoms with Crippen molar-refractivity contribution < 1.29 is 42.2 Å². The van der Waals surface area contributed by atoms with Crippen LogP contribution in [0.2, 0.25) is 0 Å². The Balaban J connectivity index is 1.13. The van der Waals surface area contributed by atoms with Crippen molar-refractivity contribution in [2.24, 2.45) is 0 Å². The minimum Gasteiger partial charge on any atom is -0.386 e.